The summed E-state index contributed by atoms with van der Waals surface area (Å²) in [5.74, 6) is 1.87. The third kappa shape index (κ3) is 8.88. The molecule has 1 rings (SSSR count). The lowest BCUT2D eigenvalue weighted by Crippen LogP contribution is -2.38. The Labute approximate surface area is 145 Å². The molecule has 2 N–H and O–H groups in total. The summed E-state index contributed by atoms with van der Waals surface area (Å²) in [6.45, 7) is 10.2. The SMILES string of the molecule is CCCCOCCOCCNC(=NC)NCc1cc(C(C)C)no1. The van der Waals surface area contributed by atoms with E-state index in [1.807, 2.05) is 6.07 Å². The van der Waals surface area contributed by atoms with Gasteiger partial charge in [-0.2, -0.15) is 0 Å². The Morgan fingerprint density at radius 2 is 1.96 bits per heavy atom. The van der Waals surface area contributed by atoms with Gasteiger partial charge in [0.05, 0.1) is 32.1 Å². The summed E-state index contributed by atoms with van der Waals surface area (Å²) >= 11 is 0. The summed E-state index contributed by atoms with van der Waals surface area (Å²) in [5, 5.41) is 10.4. The second-order valence-electron chi connectivity index (χ2n) is 5.80. The Morgan fingerprint density at radius 1 is 1.21 bits per heavy atom. The van der Waals surface area contributed by atoms with Gasteiger partial charge in [0.1, 0.15) is 0 Å². The van der Waals surface area contributed by atoms with Crippen LogP contribution in [0.2, 0.25) is 0 Å². The average Bonchev–Trinajstić information content (AvgIpc) is 3.05. The molecule has 1 heterocycles. The van der Waals surface area contributed by atoms with Crippen molar-refractivity contribution in [3.05, 3.63) is 17.5 Å². The van der Waals surface area contributed by atoms with Crippen molar-refractivity contribution in [2.75, 3.05) is 40.0 Å². The lowest BCUT2D eigenvalue weighted by Gasteiger charge is -2.11. The summed E-state index contributed by atoms with van der Waals surface area (Å²) < 4.78 is 16.2. The lowest BCUT2D eigenvalue weighted by molar-refractivity contribution is 0.0487. The molecule has 0 aromatic carbocycles. The number of nitrogens with zero attached hydrogens (tertiary/aromatic N) is 2. The minimum Gasteiger partial charge on any atom is -0.379 e. The van der Waals surface area contributed by atoms with Gasteiger partial charge in [-0.15, -0.1) is 0 Å². The second kappa shape index (κ2) is 12.8. The van der Waals surface area contributed by atoms with E-state index in [1.54, 1.807) is 7.05 Å². The number of unbranched alkanes of at least 4 members (excludes halogenated alkanes) is 1. The molecule has 7 nitrogen and oxygen atoms in total. The van der Waals surface area contributed by atoms with Crippen LogP contribution in [0.25, 0.3) is 0 Å². The molecule has 1 aromatic rings. The molecular formula is C17H32N4O3. The zero-order chi connectivity index (χ0) is 17.6. The first kappa shape index (κ1) is 20.4. The van der Waals surface area contributed by atoms with Crippen LogP contribution in [0.3, 0.4) is 0 Å². The van der Waals surface area contributed by atoms with E-state index in [1.165, 1.54) is 0 Å². The fourth-order valence-corrected chi connectivity index (χ4v) is 1.89. The Kier molecular flexibility index (Phi) is 10.9. The molecule has 0 spiro atoms. The van der Waals surface area contributed by atoms with Gasteiger partial charge in [-0.05, 0) is 12.3 Å². The number of guanidine groups is 1. The summed E-state index contributed by atoms with van der Waals surface area (Å²) in [5.41, 5.74) is 0.962. The largest absolute Gasteiger partial charge is 0.379 e. The van der Waals surface area contributed by atoms with Crippen LogP contribution in [0.1, 0.15) is 51.0 Å². The molecule has 0 atom stereocenters. The number of hydrogen-bond donors (Lipinski definition) is 2. The monoisotopic (exact) mass is 340 g/mol. The van der Waals surface area contributed by atoms with Crippen LogP contribution < -0.4 is 10.6 Å². The van der Waals surface area contributed by atoms with E-state index >= 15 is 0 Å². The standard InChI is InChI=1S/C17H32N4O3/c1-5-6-8-22-10-11-23-9-7-19-17(18-4)20-13-15-12-16(14(2)3)21-24-15/h12,14H,5-11,13H2,1-4H3,(H2,18,19,20). The number of hydrogen-bond acceptors (Lipinski definition) is 5. The molecule has 0 saturated heterocycles. The molecule has 0 saturated carbocycles. The van der Waals surface area contributed by atoms with Gasteiger partial charge in [0.15, 0.2) is 11.7 Å². The van der Waals surface area contributed by atoms with Gasteiger partial charge in [-0.1, -0.05) is 32.3 Å². The fourth-order valence-electron chi connectivity index (χ4n) is 1.89. The van der Waals surface area contributed by atoms with Crippen molar-refractivity contribution in [2.45, 2.75) is 46.1 Å². The van der Waals surface area contributed by atoms with Crippen molar-refractivity contribution in [1.82, 2.24) is 15.8 Å². The highest BCUT2D eigenvalue weighted by molar-refractivity contribution is 5.79. The van der Waals surface area contributed by atoms with Gasteiger partial charge >= 0.3 is 0 Å². The van der Waals surface area contributed by atoms with E-state index in [9.17, 15) is 0 Å². The lowest BCUT2D eigenvalue weighted by atomic mass is 10.1. The molecular weight excluding hydrogens is 308 g/mol. The number of ether oxygens (including phenoxy) is 2. The molecule has 138 valence electrons. The van der Waals surface area contributed by atoms with Crippen molar-refractivity contribution in [3.63, 3.8) is 0 Å². The van der Waals surface area contributed by atoms with Gasteiger partial charge in [0.2, 0.25) is 0 Å². The summed E-state index contributed by atoms with van der Waals surface area (Å²) in [7, 11) is 1.73. The van der Waals surface area contributed by atoms with E-state index in [-0.39, 0.29) is 0 Å². The topological polar surface area (TPSA) is 80.9 Å². The Balaban J connectivity index is 2.08. The Hall–Kier alpha value is -1.60. The first-order valence-electron chi connectivity index (χ1n) is 8.72. The fraction of sp³-hybridized carbons (Fsp3) is 0.765. The van der Waals surface area contributed by atoms with Crippen LogP contribution in [0, 0.1) is 0 Å². The van der Waals surface area contributed by atoms with E-state index in [0.717, 1.165) is 30.9 Å². The van der Waals surface area contributed by atoms with Gasteiger partial charge in [-0.25, -0.2) is 0 Å². The minimum atomic E-state index is 0.364. The number of nitrogens with one attached hydrogen (secondary N) is 2. The Morgan fingerprint density at radius 3 is 2.58 bits per heavy atom. The van der Waals surface area contributed by atoms with Crippen molar-refractivity contribution < 1.29 is 14.0 Å². The second-order valence-corrected chi connectivity index (χ2v) is 5.80. The predicted molar refractivity (Wildman–Crippen MR) is 95.3 cm³/mol. The summed E-state index contributed by atoms with van der Waals surface area (Å²) in [6.07, 6.45) is 2.26. The average molecular weight is 340 g/mol. The molecule has 0 unspecified atom stereocenters. The molecule has 1 aromatic heterocycles. The number of aromatic nitrogens is 1. The highest BCUT2D eigenvalue weighted by Crippen LogP contribution is 2.13. The van der Waals surface area contributed by atoms with Crippen molar-refractivity contribution >= 4 is 5.96 Å². The van der Waals surface area contributed by atoms with E-state index in [4.69, 9.17) is 14.0 Å². The van der Waals surface area contributed by atoms with Gasteiger partial charge in [0, 0.05) is 26.3 Å². The highest BCUT2D eigenvalue weighted by Gasteiger charge is 2.07. The molecule has 0 amide bonds. The molecule has 0 aliphatic carbocycles. The van der Waals surface area contributed by atoms with Crippen LogP contribution in [0.4, 0.5) is 0 Å². The number of aliphatic imine (C=N–C) groups is 1. The molecule has 0 aliphatic heterocycles. The van der Waals surface area contributed by atoms with Gasteiger partial charge in [-0.3, -0.25) is 4.99 Å². The third-order valence-corrected chi connectivity index (χ3v) is 3.38. The van der Waals surface area contributed by atoms with Crippen LogP contribution in [0.15, 0.2) is 15.6 Å². The van der Waals surface area contributed by atoms with Gasteiger partial charge < -0.3 is 24.6 Å². The summed E-state index contributed by atoms with van der Waals surface area (Å²) in [6, 6.07) is 1.96. The predicted octanol–water partition coefficient (Wildman–Crippen LogP) is 2.30. The molecule has 24 heavy (non-hydrogen) atoms. The summed E-state index contributed by atoms with van der Waals surface area (Å²) in [4.78, 5) is 4.16. The van der Waals surface area contributed by atoms with Gasteiger partial charge in [0.25, 0.3) is 0 Å². The van der Waals surface area contributed by atoms with Crippen molar-refractivity contribution in [1.29, 1.82) is 0 Å². The zero-order valence-corrected chi connectivity index (χ0v) is 15.4. The maximum Gasteiger partial charge on any atom is 0.191 e. The normalized spacial score (nSPS) is 12.0. The smallest absolute Gasteiger partial charge is 0.191 e. The quantitative estimate of drug-likeness (QED) is 0.345. The molecule has 7 heteroatoms. The maximum absolute atomic E-state index is 5.50. The van der Waals surface area contributed by atoms with Crippen LogP contribution in [-0.4, -0.2) is 51.1 Å². The van der Waals surface area contributed by atoms with Crippen LogP contribution in [0.5, 0.6) is 0 Å². The maximum atomic E-state index is 5.50. The zero-order valence-electron chi connectivity index (χ0n) is 15.4. The van der Waals surface area contributed by atoms with Crippen LogP contribution >= 0.6 is 0 Å². The molecule has 0 fully saturated rings. The van der Waals surface area contributed by atoms with Crippen molar-refractivity contribution in [2.24, 2.45) is 4.99 Å². The molecule has 0 bridgehead atoms. The highest BCUT2D eigenvalue weighted by atomic mass is 16.5. The third-order valence-electron chi connectivity index (χ3n) is 3.38. The van der Waals surface area contributed by atoms with Crippen LogP contribution in [-0.2, 0) is 16.0 Å². The minimum absolute atomic E-state index is 0.364. The van der Waals surface area contributed by atoms with E-state index in [0.29, 0.717) is 44.8 Å². The number of rotatable bonds is 12. The molecule has 0 aliphatic rings. The van der Waals surface area contributed by atoms with E-state index < -0.39 is 0 Å². The molecule has 0 radical (unpaired) electrons. The first-order valence-corrected chi connectivity index (χ1v) is 8.72. The van der Waals surface area contributed by atoms with Crippen molar-refractivity contribution in [3.8, 4) is 0 Å². The van der Waals surface area contributed by atoms with E-state index in [2.05, 4.69) is 41.6 Å². The Bertz CT molecular complexity index is 460. The first-order chi connectivity index (χ1) is 11.7.